The van der Waals surface area contributed by atoms with Crippen molar-refractivity contribution in [1.29, 1.82) is 5.26 Å². The molecule has 68 valence electrons. The first kappa shape index (κ1) is 9.69. The van der Waals surface area contributed by atoms with Crippen molar-refractivity contribution >= 4 is 0 Å². The maximum absolute atomic E-state index is 13.4. The van der Waals surface area contributed by atoms with Gasteiger partial charge in [0.2, 0.25) is 0 Å². The van der Waals surface area contributed by atoms with Crippen molar-refractivity contribution < 1.29 is 9.50 Å². The average molecular weight is 179 g/mol. The van der Waals surface area contributed by atoms with Gasteiger partial charge in [-0.3, -0.25) is 0 Å². The van der Waals surface area contributed by atoms with E-state index >= 15 is 0 Å². The Morgan fingerprint density at radius 3 is 2.54 bits per heavy atom. The highest BCUT2D eigenvalue weighted by molar-refractivity contribution is 5.37. The van der Waals surface area contributed by atoms with Crippen molar-refractivity contribution in [2.45, 2.75) is 19.4 Å². The second kappa shape index (κ2) is 3.15. The molecule has 1 aromatic rings. The van der Waals surface area contributed by atoms with Crippen LogP contribution in [0.2, 0.25) is 0 Å². The van der Waals surface area contributed by atoms with E-state index in [0.29, 0.717) is 0 Å². The van der Waals surface area contributed by atoms with Gasteiger partial charge in [-0.25, -0.2) is 4.39 Å². The predicted octanol–water partition coefficient (Wildman–Crippen LogP) is 1.92. The summed E-state index contributed by atoms with van der Waals surface area (Å²) in [6.45, 7) is 2.96. The van der Waals surface area contributed by atoms with Crippen LogP contribution >= 0.6 is 0 Å². The molecule has 0 atom stereocenters. The number of aliphatic hydroxyl groups is 1. The number of hydrogen-bond acceptors (Lipinski definition) is 2. The fourth-order valence-corrected chi connectivity index (χ4v) is 1.09. The molecular weight excluding hydrogens is 169 g/mol. The molecule has 0 aliphatic carbocycles. The molecule has 3 heteroatoms. The van der Waals surface area contributed by atoms with Crippen molar-refractivity contribution in [2.24, 2.45) is 0 Å². The SMILES string of the molecule is CC(C)(O)c1cccc(C#N)c1F. The van der Waals surface area contributed by atoms with E-state index in [1.54, 1.807) is 12.1 Å². The van der Waals surface area contributed by atoms with Crippen molar-refractivity contribution in [3.05, 3.63) is 35.1 Å². The zero-order chi connectivity index (χ0) is 10.1. The Kier molecular flexibility index (Phi) is 2.35. The molecular formula is C10H10FNO. The minimum Gasteiger partial charge on any atom is -0.386 e. The minimum atomic E-state index is -1.25. The van der Waals surface area contributed by atoms with Crippen molar-refractivity contribution in [3.8, 4) is 6.07 Å². The molecule has 0 spiro atoms. The first-order valence-corrected chi connectivity index (χ1v) is 3.88. The van der Waals surface area contributed by atoms with Crippen LogP contribution < -0.4 is 0 Å². The van der Waals surface area contributed by atoms with Gasteiger partial charge in [0.15, 0.2) is 0 Å². The summed E-state index contributed by atoms with van der Waals surface area (Å²) in [5.41, 5.74) is -1.15. The summed E-state index contributed by atoms with van der Waals surface area (Å²) >= 11 is 0. The van der Waals surface area contributed by atoms with Gasteiger partial charge in [-0.2, -0.15) is 5.26 Å². The Balaban J connectivity index is 3.34. The molecule has 0 fully saturated rings. The van der Waals surface area contributed by atoms with Crippen molar-refractivity contribution in [3.63, 3.8) is 0 Å². The largest absolute Gasteiger partial charge is 0.386 e. The van der Waals surface area contributed by atoms with E-state index in [9.17, 15) is 9.50 Å². The maximum Gasteiger partial charge on any atom is 0.147 e. The second-order valence-corrected chi connectivity index (χ2v) is 3.34. The predicted molar refractivity (Wildman–Crippen MR) is 46.4 cm³/mol. The first-order valence-electron chi connectivity index (χ1n) is 3.88. The van der Waals surface area contributed by atoms with Gasteiger partial charge in [-0.1, -0.05) is 12.1 Å². The Morgan fingerprint density at radius 1 is 1.46 bits per heavy atom. The minimum absolute atomic E-state index is 0.0420. The number of nitriles is 1. The average Bonchev–Trinajstić information content (AvgIpc) is 2.02. The van der Waals surface area contributed by atoms with Crippen molar-refractivity contribution in [2.75, 3.05) is 0 Å². The standard InChI is InChI=1S/C10H10FNO/c1-10(2,13)8-5-3-4-7(6-12)9(8)11/h3-5,13H,1-2H3. The van der Waals surface area contributed by atoms with Crippen LogP contribution in [0.5, 0.6) is 0 Å². The third-order valence-corrected chi connectivity index (χ3v) is 1.78. The van der Waals surface area contributed by atoms with Gasteiger partial charge in [0.05, 0.1) is 11.2 Å². The Bertz CT molecular complexity index is 360. The third-order valence-electron chi connectivity index (χ3n) is 1.78. The van der Waals surface area contributed by atoms with Crippen molar-refractivity contribution in [1.82, 2.24) is 0 Å². The molecule has 0 aliphatic rings. The number of nitrogens with zero attached hydrogens (tertiary/aromatic N) is 1. The lowest BCUT2D eigenvalue weighted by atomic mass is 9.96. The highest BCUT2D eigenvalue weighted by Gasteiger charge is 2.21. The Morgan fingerprint density at radius 2 is 2.08 bits per heavy atom. The monoisotopic (exact) mass is 179 g/mol. The van der Waals surface area contributed by atoms with Gasteiger partial charge in [0, 0.05) is 5.56 Å². The summed E-state index contributed by atoms with van der Waals surface area (Å²) in [6, 6.07) is 6.12. The van der Waals surface area contributed by atoms with E-state index in [0.717, 1.165) is 0 Å². The van der Waals surface area contributed by atoms with Gasteiger partial charge in [0.1, 0.15) is 11.9 Å². The lowest BCUT2D eigenvalue weighted by Gasteiger charge is -2.18. The molecule has 1 N–H and O–H groups in total. The summed E-state index contributed by atoms with van der Waals surface area (Å²) in [5.74, 6) is -0.641. The summed E-state index contributed by atoms with van der Waals surface area (Å²) in [7, 11) is 0. The van der Waals surface area contributed by atoms with Crippen LogP contribution in [0, 0.1) is 17.1 Å². The quantitative estimate of drug-likeness (QED) is 0.715. The molecule has 0 aliphatic heterocycles. The molecule has 0 radical (unpaired) electrons. The molecule has 0 bridgehead atoms. The van der Waals surface area contributed by atoms with E-state index in [2.05, 4.69) is 0 Å². The Labute approximate surface area is 76.2 Å². The topological polar surface area (TPSA) is 44.0 Å². The molecule has 1 rings (SSSR count). The van der Waals surface area contributed by atoms with Crippen LogP contribution in [-0.4, -0.2) is 5.11 Å². The van der Waals surface area contributed by atoms with E-state index in [1.807, 2.05) is 0 Å². The van der Waals surface area contributed by atoms with Crippen LogP contribution in [0.1, 0.15) is 25.0 Å². The molecule has 13 heavy (non-hydrogen) atoms. The fraction of sp³-hybridized carbons (Fsp3) is 0.300. The van der Waals surface area contributed by atoms with Gasteiger partial charge < -0.3 is 5.11 Å². The van der Waals surface area contributed by atoms with Crippen LogP contribution in [0.3, 0.4) is 0 Å². The molecule has 0 amide bonds. The van der Waals surface area contributed by atoms with E-state index < -0.39 is 11.4 Å². The number of hydrogen-bond donors (Lipinski definition) is 1. The molecule has 1 aromatic carbocycles. The molecule has 0 heterocycles. The highest BCUT2D eigenvalue weighted by Crippen LogP contribution is 2.24. The van der Waals surface area contributed by atoms with Gasteiger partial charge in [0.25, 0.3) is 0 Å². The maximum atomic E-state index is 13.4. The molecule has 0 saturated carbocycles. The number of rotatable bonds is 1. The smallest absolute Gasteiger partial charge is 0.147 e. The van der Waals surface area contributed by atoms with E-state index in [1.165, 1.54) is 26.0 Å². The zero-order valence-electron chi connectivity index (χ0n) is 7.50. The summed E-state index contributed by atoms with van der Waals surface area (Å²) < 4.78 is 13.4. The van der Waals surface area contributed by atoms with Crippen LogP contribution in [0.4, 0.5) is 4.39 Å². The zero-order valence-corrected chi connectivity index (χ0v) is 7.50. The van der Waals surface area contributed by atoms with E-state index in [4.69, 9.17) is 5.26 Å². The molecule has 0 saturated heterocycles. The van der Waals surface area contributed by atoms with Gasteiger partial charge >= 0.3 is 0 Å². The lowest BCUT2D eigenvalue weighted by molar-refractivity contribution is 0.0745. The van der Waals surface area contributed by atoms with E-state index in [-0.39, 0.29) is 11.1 Å². The molecule has 0 aromatic heterocycles. The van der Waals surface area contributed by atoms with Gasteiger partial charge in [-0.15, -0.1) is 0 Å². The molecule has 0 unspecified atom stereocenters. The normalized spacial score (nSPS) is 11.0. The lowest BCUT2D eigenvalue weighted by Crippen LogP contribution is -2.18. The number of benzene rings is 1. The summed E-state index contributed by atoms with van der Waals surface area (Å²) in [6.07, 6.45) is 0. The molecule has 2 nitrogen and oxygen atoms in total. The van der Waals surface area contributed by atoms with Crippen LogP contribution in [0.15, 0.2) is 18.2 Å². The third kappa shape index (κ3) is 1.85. The number of halogens is 1. The van der Waals surface area contributed by atoms with Crippen LogP contribution in [0.25, 0.3) is 0 Å². The fourth-order valence-electron chi connectivity index (χ4n) is 1.09. The second-order valence-electron chi connectivity index (χ2n) is 3.34. The summed E-state index contributed by atoms with van der Waals surface area (Å²) in [5, 5.41) is 18.1. The first-order chi connectivity index (χ1) is 5.96. The highest BCUT2D eigenvalue weighted by atomic mass is 19.1. The van der Waals surface area contributed by atoms with Crippen LogP contribution in [-0.2, 0) is 5.60 Å². The Hall–Kier alpha value is -1.40. The summed E-state index contributed by atoms with van der Waals surface area (Å²) in [4.78, 5) is 0. The van der Waals surface area contributed by atoms with Gasteiger partial charge in [-0.05, 0) is 19.9 Å².